The van der Waals surface area contributed by atoms with Crippen molar-refractivity contribution >= 4 is 0 Å². The molecule has 0 amide bonds. The van der Waals surface area contributed by atoms with Crippen LogP contribution in [0.15, 0.2) is 42.5 Å². The average Bonchev–Trinajstić information content (AvgIpc) is 2.40. The van der Waals surface area contributed by atoms with Gasteiger partial charge >= 0.3 is 0 Å². The van der Waals surface area contributed by atoms with E-state index in [4.69, 9.17) is 9.84 Å². The van der Waals surface area contributed by atoms with Crippen LogP contribution in [0, 0.1) is 5.82 Å². The Labute approximate surface area is 99.3 Å². The third-order valence-corrected chi connectivity index (χ3v) is 2.61. The number of halogens is 1. The van der Waals surface area contributed by atoms with Gasteiger partial charge in [-0.15, -0.1) is 0 Å². The Morgan fingerprint density at radius 1 is 1.18 bits per heavy atom. The summed E-state index contributed by atoms with van der Waals surface area (Å²) in [6.07, 6.45) is 0. The van der Waals surface area contributed by atoms with Gasteiger partial charge in [0.25, 0.3) is 0 Å². The molecule has 0 aliphatic heterocycles. The van der Waals surface area contributed by atoms with Crippen LogP contribution in [0.1, 0.15) is 5.56 Å². The highest BCUT2D eigenvalue weighted by atomic mass is 19.1. The molecule has 0 saturated carbocycles. The number of hydrogen-bond acceptors (Lipinski definition) is 2. The molecule has 0 spiro atoms. The number of ether oxygens (including phenoxy) is 1. The minimum atomic E-state index is -0.403. The molecule has 0 unspecified atom stereocenters. The second-order valence-electron chi connectivity index (χ2n) is 3.67. The zero-order chi connectivity index (χ0) is 12.3. The molecular weight excluding hydrogens is 219 g/mol. The first-order valence-electron chi connectivity index (χ1n) is 5.29. The van der Waals surface area contributed by atoms with Crippen molar-refractivity contribution in [3.05, 3.63) is 53.8 Å². The van der Waals surface area contributed by atoms with E-state index in [1.165, 1.54) is 13.2 Å². The predicted octanol–water partition coefficient (Wildman–Crippen LogP) is 2.99. The summed E-state index contributed by atoms with van der Waals surface area (Å²) in [5, 5.41) is 9.11. The van der Waals surface area contributed by atoms with Gasteiger partial charge in [-0.3, -0.25) is 0 Å². The summed E-state index contributed by atoms with van der Waals surface area (Å²) in [5.41, 5.74) is 1.44. The van der Waals surface area contributed by atoms with Gasteiger partial charge < -0.3 is 9.84 Å². The Balaban J connectivity index is 2.60. The van der Waals surface area contributed by atoms with Crippen molar-refractivity contribution in [3.63, 3.8) is 0 Å². The Bertz CT molecular complexity index is 509. The van der Waals surface area contributed by atoms with Gasteiger partial charge in [-0.1, -0.05) is 30.3 Å². The average molecular weight is 232 g/mol. The van der Waals surface area contributed by atoms with Crippen molar-refractivity contribution in [3.8, 4) is 16.9 Å². The second-order valence-corrected chi connectivity index (χ2v) is 3.67. The van der Waals surface area contributed by atoms with Crippen LogP contribution >= 0.6 is 0 Å². The minimum absolute atomic E-state index is 0.239. The fourth-order valence-electron chi connectivity index (χ4n) is 1.72. The molecule has 17 heavy (non-hydrogen) atoms. The van der Waals surface area contributed by atoms with Crippen molar-refractivity contribution in [2.75, 3.05) is 7.11 Å². The molecule has 1 N–H and O–H groups in total. The fourth-order valence-corrected chi connectivity index (χ4v) is 1.72. The van der Waals surface area contributed by atoms with Crippen LogP contribution in [0.3, 0.4) is 0 Å². The fraction of sp³-hybridized carbons (Fsp3) is 0.143. The highest BCUT2D eigenvalue weighted by molar-refractivity contribution is 5.67. The minimum Gasteiger partial charge on any atom is -0.497 e. The summed E-state index contributed by atoms with van der Waals surface area (Å²) >= 11 is 0. The summed E-state index contributed by atoms with van der Waals surface area (Å²) in [6, 6.07) is 12.3. The number of benzene rings is 2. The molecule has 0 aliphatic carbocycles. The van der Waals surface area contributed by atoms with Crippen molar-refractivity contribution in [1.29, 1.82) is 0 Å². The van der Waals surface area contributed by atoms with Crippen LogP contribution < -0.4 is 4.74 Å². The Kier molecular flexibility index (Phi) is 3.40. The van der Waals surface area contributed by atoms with Crippen molar-refractivity contribution in [2.45, 2.75) is 6.61 Å². The number of rotatable bonds is 3. The Morgan fingerprint density at radius 2 is 1.88 bits per heavy atom. The van der Waals surface area contributed by atoms with Gasteiger partial charge in [0.2, 0.25) is 0 Å². The molecule has 2 rings (SSSR count). The molecule has 0 fully saturated rings. The number of methoxy groups -OCH3 is 1. The van der Waals surface area contributed by atoms with E-state index in [1.54, 1.807) is 6.07 Å². The van der Waals surface area contributed by atoms with E-state index in [0.29, 0.717) is 11.3 Å². The molecule has 88 valence electrons. The molecular formula is C14H13FO2. The van der Waals surface area contributed by atoms with Gasteiger partial charge in [-0.2, -0.15) is 0 Å². The lowest BCUT2D eigenvalue weighted by Crippen LogP contribution is -1.96. The van der Waals surface area contributed by atoms with Crippen LogP contribution in [-0.4, -0.2) is 12.2 Å². The molecule has 0 aliphatic rings. The van der Waals surface area contributed by atoms with Crippen LogP contribution in [0.5, 0.6) is 5.75 Å². The molecule has 0 atom stereocenters. The number of hydrogen-bond donors (Lipinski definition) is 1. The number of aliphatic hydroxyl groups excluding tert-OH is 1. The van der Waals surface area contributed by atoms with E-state index in [1.807, 2.05) is 30.3 Å². The van der Waals surface area contributed by atoms with Gasteiger partial charge in [-0.25, -0.2) is 4.39 Å². The topological polar surface area (TPSA) is 29.5 Å². The molecule has 0 saturated heterocycles. The molecule has 2 aromatic rings. The van der Waals surface area contributed by atoms with Crippen molar-refractivity contribution in [2.24, 2.45) is 0 Å². The van der Waals surface area contributed by atoms with E-state index in [2.05, 4.69) is 0 Å². The standard InChI is InChI=1S/C14H13FO2/c1-17-12-7-11(9-16)14(15)13(8-12)10-5-3-2-4-6-10/h2-8,16H,9H2,1H3. The first kappa shape index (κ1) is 11.6. The second kappa shape index (κ2) is 4.97. The molecule has 0 bridgehead atoms. The first-order chi connectivity index (χ1) is 8.26. The maximum atomic E-state index is 14.1. The smallest absolute Gasteiger partial charge is 0.136 e. The number of aliphatic hydroxyl groups is 1. The lowest BCUT2D eigenvalue weighted by molar-refractivity contribution is 0.275. The summed E-state index contributed by atoms with van der Waals surface area (Å²) in [5.74, 6) is 0.133. The maximum Gasteiger partial charge on any atom is 0.136 e. The SMILES string of the molecule is COc1cc(CO)c(F)c(-c2ccccc2)c1. The predicted molar refractivity (Wildman–Crippen MR) is 64.3 cm³/mol. The monoisotopic (exact) mass is 232 g/mol. The zero-order valence-electron chi connectivity index (χ0n) is 9.48. The van der Waals surface area contributed by atoms with E-state index in [0.717, 1.165) is 5.56 Å². The molecule has 0 heterocycles. The van der Waals surface area contributed by atoms with Crippen LogP contribution in [-0.2, 0) is 6.61 Å². The Morgan fingerprint density at radius 3 is 2.47 bits per heavy atom. The first-order valence-corrected chi connectivity index (χ1v) is 5.29. The third-order valence-electron chi connectivity index (χ3n) is 2.61. The maximum absolute atomic E-state index is 14.1. The van der Waals surface area contributed by atoms with E-state index < -0.39 is 5.82 Å². The van der Waals surface area contributed by atoms with Crippen LogP contribution in [0.25, 0.3) is 11.1 Å². The summed E-state index contributed by atoms with van der Waals surface area (Å²) in [7, 11) is 1.52. The summed E-state index contributed by atoms with van der Waals surface area (Å²) in [4.78, 5) is 0. The highest BCUT2D eigenvalue weighted by Gasteiger charge is 2.12. The lowest BCUT2D eigenvalue weighted by Gasteiger charge is -2.10. The van der Waals surface area contributed by atoms with Crippen molar-refractivity contribution in [1.82, 2.24) is 0 Å². The van der Waals surface area contributed by atoms with Gasteiger partial charge in [0.05, 0.1) is 13.7 Å². The molecule has 2 aromatic carbocycles. The van der Waals surface area contributed by atoms with E-state index in [9.17, 15) is 4.39 Å². The lowest BCUT2D eigenvalue weighted by atomic mass is 10.0. The van der Waals surface area contributed by atoms with Gasteiger partial charge in [0.1, 0.15) is 11.6 Å². The van der Waals surface area contributed by atoms with E-state index >= 15 is 0 Å². The quantitative estimate of drug-likeness (QED) is 0.881. The normalized spacial score (nSPS) is 10.3. The molecule has 2 nitrogen and oxygen atoms in total. The highest BCUT2D eigenvalue weighted by Crippen LogP contribution is 2.29. The van der Waals surface area contributed by atoms with Crippen LogP contribution in [0.2, 0.25) is 0 Å². The zero-order valence-corrected chi connectivity index (χ0v) is 9.48. The van der Waals surface area contributed by atoms with Gasteiger partial charge in [0, 0.05) is 11.1 Å². The van der Waals surface area contributed by atoms with Gasteiger partial charge in [-0.05, 0) is 17.7 Å². The Hall–Kier alpha value is -1.87. The molecule has 0 aromatic heterocycles. The van der Waals surface area contributed by atoms with E-state index in [-0.39, 0.29) is 12.2 Å². The van der Waals surface area contributed by atoms with Crippen molar-refractivity contribution < 1.29 is 14.2 Å². The summed E-state index contributed by atoms with van der Waals surface area (Å²) < 4.78 is 19.2. The molecule has 0 radical (unpaired) electrons. The van der Waals surface area contributed by atoms with Gasteiger partial charge in [0.15, 0.2) is 0 Å². The summed E-state index contributed by atoms with van der Waals surface area (Å²) in [6.45, 7) is -0.344. The third kappa shape index (κ3) is 2.29. The van der Waals surface area contributed by atoms with Crippen LogP contribution in [0.4, 0.5) is 4.39 Å². The molecule has 3 heteroatoms. The largest absolute Gasteiger partial charge is 0.497 e.